The van der Waals surface area contributed by atoms with Crippen LogP contribution in [0.5, 0.6) is 0 Å². The van der Waals surface area contributed by atoms with Crippen molar-refractivity contribution in [2.75, 3.05) is 31.7 Å². The summed E-state index contributed by atoms with van der Waals surface area (Å²) in [7, 11) is 1.57. The number of benzene rings is 1. The monoisotopic (exact) mass is 278 g/mol. The van der Waals surface area contributed by atoms with Gasteiger partial charge in [-0.3, -0.25) is 9.59 Å². The van der Waals surface area contributed by atoms with Gasteiger partial charge in [-0.25, -0.2) is 0 Å². The van der Waals surface area contributed by atoms with Crippen LogP contribution in [-0.2, 0) is 20.7 Å². The number of ether oxygens (including phenoxy) is 1. The van der Waals surface area contributed by atoms with Crippen molar-refractivity contribution in [3.05, 3.63) is 29.8 Å². The highest BCUT2D eigenvalue weighted by atomic mass is 16.5. The molecule has 0 spiro atoms. The van der Waals surface area contributed by atoms with Crippen LogP contribution in [0, 0.1) is 0 Å². The van der Waals surface area contributed by atoms with E-state index in [1.54, 1.807) is 7.11 Å². The molecule has 0 bridgehead atoms. The topological polar surface area (TPSA) is 58.6 Å². The van der Waals surface area contributed by atoms with Gasteiger partial charge in [-0.05, 0) is 24.1 Å². The van der Waals surface area contributed by atoms with E-state index in [4.69, 9.17) is 4.74 Å². The van der Waals surface area contributed by atoms with Crippen LogP contribution in [0.4, 0.5) is 5.69 Å². The van der Waals surface area contributed by atoms with E-state index in [0.717, 1.165) is 12.1 Å². The molecule has 1 aromatic rings. The molecule has 0 heterocycles. The largest absolute Gasteiger partial charge is 0.383 e. The molecule has 0 aliphatic heterocycles. The van der Waals surface area contributed by atoms with Crippen LogP contribution >= 0.6 is 0 Å². The van der Waals surface area contributed by atoms with E-state index in [-0.39, 0.29) is 18.4 Å². The van der Waals surface area contributed by atoms with Gasteiger partial charge in [-0.15, -0.1) is 0 Å². The average molecular weight is 278 g/mol. The van der Waals surface area contributed by atoms with Crippen molar-refractivity contribution in [1.29, 1.82) is 0 Å². The summed E-state index contributed by atoms with van der Waals surface area (Å²) >= 11 is 0. The highest BCUT2D eigenvalue weighted by Gasteiger charge is 2.15. The third kappa shape index (κ3) is 5.01. The molecule has 5 heteroatoms. The summed E-state index contributed by atoms with van der Waals surface area (Å²) in [6, 6.07) is 7.66. The third-order valence-corrected chi connectivity index (χ3v) is 2.97. The van der Waals surface area contributed by atoms with Gasteiger partial charge in [0.1, 0.15) is 6.54 Å². The van der Waals surface area contributed by atoms with Crippen molar-refractivity contribution in [3.8, 4) is 0 Å². The lowest BCUT2D eigenvalue weighted by Gasteiger charge is -2.21. The van der Waals surface area contributed by atoms with Gasteiger partial charge in [0.2, 0.25) is 11.8 Å². The standard InChI is InChI=1S/C15H22N2O3/c1-4-13-5-7-14(8-6-13)17(12(2)18)11-15(19)16-9-10-20-3/h5-8H,4,9-11H2,1-3H3,(H,16,19). The predicted octanol–water partition coefficient (Wildman–Crippen LogP) is 1.36. The smallest absolute Gasteiger partial charge is 0.240 e. The van der Waals surface area contributed by atoms with Gasteiger partial charge in [-0.2, -0.15) is 0 Å². The molecule has 2 amide bonds. The molecule has 0 radical (unpaired) electrons. The number of anilines is 1. The molecule has 20 heavy (non-hydrogen) atoms. The van der Waals surface area contributed by atoms with Gasteiger partial charge in [0, 0.05) is 26.3 Å². The zero-order chi connectivity index (χ0) is 15.0. The molecule has 0 aliphatic rings. The Morgan fingerprint density at radius 2 is 1.90 bits per heavy atom. The van der Waals surface area contributed by atoms with Crippen LogP contribution in [0.1, 0.15) is 19.4 Å². The lowest BCUT2D eigenvalue weighted by Crippen LogP contribution is -2.40. The number of nitrogens with zero attached hydrogens (tertiary/aromatic N) is 1. The van der Waals surface area contributed by atoms with Gasteiger partial charge >= 0.3 is 0 Å². The first-order valence-corrected chi connectivity index (χ1v) is 6.71. The highest BCUT2D eigenvalue weighted by Crippen LogP contribution is 2.15. The Hall–Kier alpha value is -1.88. The van der Waals surface area contributed by atoms with E-state index in [1.807, 2.05) is 24.3 Å². The Morgan fingerprint density at radius 1 is 1.25 bits per heavy atom. The summed E-state index contributed by atoms with van der Waals surface area (Å²) in [6.45, 7) is 4.44. The molecular weight excluding hydrogens is 256 g/mol. The molecule has 0 fully saturated rings. The molecule has 0 saturated carbocycles. The highest BCUT2D eigenvalue weighted by molar-refractivity contribution is 5.97. The number of carbonyl (C=O) groups is 2. The molecule has 1 N–H and O–H groups in total. The first kappa shape index (κ1) is 16.2. The predicted molar refractivity (Wildman–Crippen MR) is 78.7 cm³/mol. The summed E-state index contributed by atoms with van der Waals surface area (Å²) in [5.41, 5.74) is 1.93. The fraction of sp³-hybridized carbons (Fsp3) is 0.467. The van der Waals surface area contributed by atoms with Gasteiger partial charge in [0.15, 0.2) is 0 Å². The summed E-state index contributed by atoms with van der Waals surface area (Å²) in [5, 5.41) is 2.70. The van der Waals surface area contributed by atoms with Crippen molar-refractivity contribution in [1.82, 2.24) is 5.32 Å². The maximum absolute atomic E-state index is 11.8. The first-order valence-electron chi connectivity index (χ1n) is 6.71. The van der Waals surface area contributed by atoms with Gasteiger partial charge in [0.25, 0.3) is 0 Å². The van der Waals surface area contributed by atoms with E-state index in [0.29, 0.717) is 13.2 Å². The number of amides is 2. The van der Waals surface area contributed by atoms with Gasteiger partial charge in [0.05, 0.1) is 6.61 Å². The SMILES string of the molecule is CCc1ccc(N(CC(=O)NCCOC)C(C)=O)cc1. The van der Waals surface area contributed by atoms with E-state index >= 15 is 0 Å². The molecule has 5 nitrogen and oxygen atoms in total. The van der Waals surface area contributed by atoms with Crippen LogP contribution in [0.2, 0.25) is 0 Å². The Kier molecular flexibility index (Phi) is 6.73. The van der Waals surface area contributed by atoms with Crippen LogP contribution in [0.3, 0.4) is 0 Å². The number of carbonyl (C=O) groups excluding carboxylic acids is 2. The van der Waals surface area contributed by atoms with Crippen molar-refractivity contribution in [2.45, 2.75) is 20.3 Å². The Bertz CT molecular complexity index is 443. The van der Waals surface area contributed by atoms with E-state index in [2.05, 4.69) is 12.2 Å². The zero-order valence-corrected chi connectivity index (χ0v) is 12.3. The van der Waals surface area contributed by atoms with Crippen molar-refractivity contribution < 1.29 is 14.3 Å². The molecule has 0 unspecified atom stereocenters. The lowest BCUT2D eigenvalue weighted by atomic mass is 10.1. The Labute approximate surface area is 119 Å². The summed E-state index contributed by atoms with van der Waals surface area (Å²) < 4.78 is 4.86. The number of hydrogen-bond acceptors (Lipinski definition) is 3. The Morgan fingerprint density at radius 3 is 2.40 bits per heavy atom. The quantitative estimate of drug-likeness (QED) is 0.766. The van der Waals surface area contributed by atoms with Crippen molar-refractivity contribution in [2.24, 2.45) is 0 Å². The van der Waals surface area contributed by atoms with Crippen molar-refractivity contribution in [3.63, 3.8) is 0 Å². The van der Waals surface area contributed by atoms with Gasteiger partial charge in [-0.1, -0.05) is 19.1 Å². The summed E-state index contributed by atoms with van der Waals surface area (Å²) in [5.74, 6) is -0.354. The number of nitrogens with one attached hydrogen (secondary N) is 1. The molecule has 0 aliphatic carbocycles. The first-order chi connectivity index (χ1) is 9.58. The number of methoxy groups -OCH3 is 1. The van der Waals surface area contributed by atoms with E-state index < -0.39 is 0 Å². The summed E-state index contributed by atoms with van der Waals surface area (Å²) in [4.78, 5) is 24.9. The van der Waals surface area contributed by atoms with Crippen LogP contribution < -0.4 is 10.2 Å². The molecule has 0 aromatic heterocycles. The number of hydrogen-bond donors (Lipinski definition) is 1. The Balaban J connectivity index is 2.68. The number of rotatable bonds is 7. The second kappa shape index (κ2) is 8.32. The summed E-state index contributed by atoms with van der Waals surface area (Å²) in [6.07, 6.45) is 0.942. The second-order valence-corrected chi connectivity index (χ2v) is 4.47. The molecule has 0 saturated heterocycles. The molecule has 0 atom stereocenters. The molecular formula is C15H22N2O3. The van der Waals surface area contributed by atoms with E-state index in [9.17, 15) is 9.59 Å². The van der Waals surface area contributed by atoms with Crippen LogP contribution in [0.15, 0.2) is 24.3 Å². The van der Waals surface area contributed by atoms with Gasteiger partial charge < -0.3 is 15.0 Å². The van der Waals surface area contributed by atoms with Crippen molar-refractivity contribution >= 4 is 17.5 Å². The maximum atomic E-state index is 11.8. The minimum Gasteiger partial charge on any atom is -0.383 e. The van der Waals surface area contributed by atoms with E-state index in [1.165, 1.54) is 17.4 Å². The average Bonchev–Trinajstić information content (AvgIpc) is 2.45. The molecule has 1 aromatic carbocycles. The lowest BCUT2D eigenvalue weighted by molar-refractivity contribution is -0.123. The third-order valence-electron chi connectivity index (χ3n) is 2.97. The fourth-order valence-corrected chi connectivity index (χ4v) is 1.79. The van der Waals surface area contributed by atoms with Crippen LogP contribution in [-0.4, -0.2) is 38.6 Å². The minimum atomic E-state index is -0.197. The maximum Gasteiger partial charge on any atom is 0.240 e. The fourth-order valence-electron chi connectivity index (χ4n) is 1.79. The molecule has 110 valence electrons. The normalized spacial score (nSPS) is 10.2. The number of aryl methyl sites for hydroxylation is 1. The second-order valence-electron chi connectivity index (χ2n) is 4.47. The zero-order valence-electron chi connectivity index (χ0n) is 12.3. The minimum absolute atomic E-state index is 0.0184. The van der Waals surface area contributed by atoms with Crippen LogP contribution in [0.25, 0.3) is 0 Å². The molecule has 1 rings (SSSR count).